The number of hydrogen-bond donors (Lipinski definition) is 1. The molecule has 9 heteroatoms. The number of benzene rings is 2. The Morgan fingerprint density at radius 2 is 1.80 bits per heavy atom. The predicted molar refractivity (Wildman–Crippen MR) is 86.2 cm³/mol. The lowest BCUT2D eigenvalue weighted by Crippen LogP contribution is -2.24. The minimum atomic E-state index is -3.90. The summed E-state index contributed by atoms with van der Waals surface area (Å²) in [6.07, 6.45) is 0. The predicted octanol–water partition coefficient (Wildman–Crippen LogP) is 3.12. The highest BCUT2D eigenvalue weighted by Gasteiger charge is 2.14. The van der Waals surface area contributed by atoms with Crippen molar-refractivity contribution in [1.82, 2.24) is 4.72 Å². The highest BCUT2D eigenvalue weighted by Crippen LogP contribution is 2.19. The van der Waals surface area contributed by atoms with Crippen LogP contribution in [0.2, 0.25) is 5.02 Å². The molecule has 2 aromatic carbocycles. The molecule has 0 radical (unpaired) electrons. The first kappa shape index (κ1) is 19.1. The molecule has 2 aromatic rings. The van der Waals surface area contributed by atoms with Crippen molar-refractivity contribution in [3.05, 3.63) is 58.9 Å². The molecule has 25 heavy (non-hydrogen) atoms. The van der Waals surface area contributed by atoms with Crippen molar-refractivity contribution in [3.8, 4) is 17.6 Å². The van der Waals surface area contributed by atoms with Crippen LogP contribution in [0.15, 0.2) is 41.3 Å². The highest BCUT2D eigenvalue weighted by molar-refractivity contribution is 7.89. The van der Waals surface area contributed by atoms with E-state index in [4.69, 9.17) is 16.3 Å². The molecule has 0 atom stereocenters. The van der Waals surface area contributed by atoms with E-state index in [0.29, 0.717) is 6.07 Å². The second-order valence-electron chi connectivity index (χ2n) is 4.62. The largest absolute Gasteiger partial charge is 0.478 e. The molecule has 4 nitrogen and oxygen atoms in total. The molecule has 0 saturated heterocycles. The summed E-state index contributed by atoms with van der Waals surface area (Å²) in [7, 11) is -3.90. The van der Waals surface area contributed by atoms with Crippen molar-refractivity contribution in [1.29, 1.82) is 0 Å². The van der Waals surface area contributed by atoms with Gasteiger partial charge in [-0.15, -0.1) is 0 Å². The van der Waals surface area contributed by atoms with Crippen LogP contribution in [0.5, 0.6) is 5.75 Å². The van der Waals surface area contributed by atoms with Crippen LogP contribution in [0.25, 0.3) is 0 Å². The Labute approximate surface area is 147 Å². The molecule has 0 aromatic heterocycles. The summed E-state index contributed by atoms with van der Waals surface area (Å²) in [5.41, 5.74) is 0. The van der Waals surface area contributed by atoms with E-state index in [0.717, 1.165) is 30.3 Å². The number of rotatable bonds is 5. The third kappa shape index (κ3) is 5.39. The summed E-state index contributed by atoms with van der Waals surface area (Å²) < 4.78 is 70.1. The summed E-state index contributed by atoms with van der Waals surface area (Å²) in [5.74, 6) is 2.45. The molecule has 0 heterocycles. The van der Waals surface area contributed by atoms with Crippen LogP contribution in [0, 0.1) is 29.3 Å². The van der Waals surface area contributed by atoms with E-state index in [9.17, 15) is 21.6 Å². The minimum absolute atomic E-state index is 0.169. The number of hydrogen-bond acceptors (Lipinski definition) is 3. The third-order valence-electron chi connectivity index (χ3n) is 2.87. The number of ether oxygens (including phenoxy) is 1. The van der Waals surface area contributed by atoms with Crippen LogP contribution < -0.4 is 9.46 Å². The van der Waals surface area contributed by atoms with E-state index in [1.165, 1.54) is 0 Å². The van der Waals surface area contributed by atoms with Gasteiger partial charge in [-0.3, -0.25) is 0 Å². The molecule has 2 rings (SSSR count). The number of sulfonamides is 1. The maximum absolute atomic E-state index is 13.3. The monoisotopic (exact) mass is 389 g/mol. The van der Waals surface area contributed by atoms with Crippen molar-refractivity contribution in [3.63, 3.8) is 0 Å². The van der Waals surface area contributed by atoms with Gasteiger partial charge in [-0.05, 0) is 30.3 Å². The van der Waals surface area contributed by atoms with Gasteiger partial charge in [-0.1, -0.05) is 23.4 Å². The molecule has 0 amide bonds. The quantitative estimate of drug-likeness (QED) is 0.799. The van der Waals surface area contributed by atoms with Crippen LogP contribution in [-0.4, -0.2) is 21.6 Å². The number of halogens is 4. The van der Waals surface area contributed by atoms with Crippen LogP contribution >= 0.6 is 11.6 Å². The Bertz CT molecular complexity index is 939. The maximum Gasteiger partial charge on any atom is 0.241 e. The van der Waals surface area contributed by atoms with Crippen molar-refractivity contribution in [2.75, 3.05) is 13.2 Å². The lowest BCUT2D eigenvalue weighted by Gasteiger charge is -2.05. The van der Waals surface area contributed by atoms with Gasteiger partial charge in [0.2, 0.25) is 10.0 Å². The average Bonchev–Trinajstić information content (AvgIpc) is 2.55. The van der Waals surface area contributed by atoms with E-state index in [-0.39, 0.29) is 28.8 Å². The summed E-state index contributed by atoms with van der Waals surface area (Å²) in [6, 6.07) is 5.81. The smallest absolute Gasteiger partial charge is 0.241 e. The first-order valence-electron chi connectivity index (χ1n) is 6.78. The van der Waals surface area contributed by atoms with E-state index < -0.39 is 27.5 Å². The summed E-state index contributed by atoms with van der Waals surface area (Å²) in [6.45, 7) is -0.459. The highest BCUT2D eigenvalue weighted by atomic mass is 35.5. The first-order valence-corrected chi connectivity index (χ1v) is 8.64. The lowest BCUT2D eigenvalue weighted by atomic mass is 10.3. The zero-order valence-electron chi connectivity index (χ0n) is 12.5. The Hall–Kier alpha value is -2.21. The van der Waals surface area contributed by atoms with E-state index in [1.807, 2.05) is 0 Å². The molecule has 0 unspecified atom stereocenters. The Balaban J connectivity index is 1.88. The summed E-state index contributed by atoms with van der Waals surface area (Å²) in [5, 5.41) is -0.316. The molecule has 0 aliphatic carbocycles. The molecular formula is C16H11ClF3NO3S. The summed E-state index contributed by atoms with van der Waals surface area (Å²) >= 11 is 5.54. The first-order chi connectivity index (χ1) is 11.8. The average molecular weight is 390 g/mol. The molecule has 0 bridgehead atoms. The van der Waals surface area contributed by atoms with Crippen LogP contribution in [-0.2, 0) is 10.0 Å². The molecule has 132 valence electrons. The van der Waals surface area contributed by atoms with E-state index in [1.54, 1.807) is 0 Å². The molecule has 0 aliphatic rings. The second-order valence-corrected chi connectivity index (χ2v) is 6.79. The molecule has 0 spiro atoms. The van der Waals surface area contributed by atoms with Gasteiger partial charge in [0.15, 0.2) is 11.6 Å². The topological polar surface area (TPSA) is 55.4 Å². The van der Waals surface area contributed by atoms with Gasteiger partial charge >= 0.3 is 0 Å². The SMILES string of the molecule is O=S(=O)(NCC#CCOc1ccc(F)cc1F)c1ccc(F)c(Cl)c1. The fourth-order valence-electron chi connectivity index (χ4n) is 1.68. The van der Waals surface area contributed by atoms with Crippen molar-refractivity contribution >= 4 is 21.6 Å². The van der Waals surface area contributed by atoms with Crippen molar-refractivity contribution in [2.45, 2.75) is 4.90 Å². The maximum atomic E-state index is 13.3. The molecule has 0 aliphatic heterocycles. The van der Waals surface area contributed by atoms with Gasteiger partial charge in [-0.2, -0.15) is 4.72 Å². The standard InChI is InChI=1S/C16H11ClF3NO3S/c17-13-10-12(4-5-14(13)19)25(22,23)21-7-1-2-8-24-16-6-3-11(18)9-15(16)20/h3-6,9-10,21H,7-8H2. The Kier molecular flexibility index (Phi) is 6.31. The third-order valence-corrected chi connectivity index (χ3v) is 4.56. The zero-order chi connectivity index (χ0) is 18.4. The normalized spacial score (nSPS) is 10.9. The Morgan fingerprint density at radius 3 is 2.48 bits per heavy atom. The lowest BCUT2D eigenvalue weighted by molar-refractivity contribution is 0.346. The summed E-state index contributed by atoms with van der Waals surface area (Å²) in [4.78, 5) is -0.203. The fourth-order valence-corrected chi connectivity index (χ4v) is 2.87. The van der Waals surface area contributed by atoms with E-state index in [2.05, 4.69) is 16.6 Å². The molecular weight excluding hydrogens is 379 g/mol. The van der Waals surface area contributed by atoms with Crippen LogP contribution in [0.1, 0.15) is 0 Å². The van der Waals surface area contributed by atoms with E-state index >= 15 is 0 Å². The van der Waals surface area contributed by atoms with Gasteiger partial charge in [0.1, 0.15) is 18.2 Å². The zero-order valence-corrected chi connectivity index (χ0v) is 14.1. The van der Waals surface area contributed by atoms with Crippen molar-refractivity contribution in [2.24, 2.45) is 0 Å². The van der Waals surface area contributed by atoms with Gasteiger partial charge in [0.25, 0.3) is 0 Å². The second kappa shape index (κ2) is 8.25. The van der Waals surface area contributed by atoms with Gasteiger partial charge in [0.05, 0.1) is 16.5 Å². The minimum Gasteiger partial charge on any atom is -0.478 e. The van der Waals surface area contributed by atoms with Crippen LogP contribution in [0.3, 0.4) is 0 Å². The molecule has 1 N–H and O–H groups in total. The van der Waals surface area contributed by atoms with Crippen molar-refractivity contribution < 1.29 is 26.3 Å². The van der Waals surface area contributed by atoms with Gasteiger partial charge in [-0.25, -0.2) is 21.6 Å². The Morgan fingerprint density at radius 1 is 1.04 bits per heavy atom. The van der Waals surface area contributed by atoms with Gasteiger partial charge < -0.3 is 4.74 Å². The number of nitrogens with one attached hydrogen (secondary N) is 1. The molecule has 0 fully saturated rings. The van der Waals surface area contributed by atoms with Gasteiger partial charge in [0, 0.05) is 6.07 Å². The van der Waals surface area contributed by atoms with Crippen LogP contribution in [0.4, 0.5) is 13.2 Å². The fraction of sp³-hybridized carbons (Fsp3) is 0.125. The molecule has 0 saturated carbocycles.